The highest BCUT2D eigenvalue weighted by atomic mass is 16.5. The van der Waals surface area contributed by atoms with E-state index >= 15 is 0 Å². The molecule has 0 aliphatic carbocycles. The van der Waals surface area contributed by atoms with Gasteiger partial charge in [-0.1, -0.05) is 12.1 Å². The van der Waals surface area contributed by atoms with Crippen LogP contribution in [0.25, 0.3) is 10.9 Å². The third-order valence-electron chi connectivity index (χ3n) is 2.59. The van der Waals surface area contributed by atoms with Crippen LogP contribution in [0, 0.1) is 0 Å². The summed E-state index contributed by atoms with van der Waals surface area (Å²) in [7, 11) is 1.82. The molecule has 7 heteroatoms. The van der Waals surface area contributed by atoms with Crippen molar-refractivity contribution in [3.8, 4) is 11.6 Å². The van der Waals surface area contributed by atoms with E-state index < -0.39 is 0 Å². The highest BCUT2D eigenvalue weighted by Gasteiger charge is 2.09. The van der Waals surface area contributed by atoms with Crippen molar-refractivity contribution in [2.24, 2.45) is 12.9 Å². The van der Waals surface area contributed by atoms with Crippen LogP contribution >= 0.6 is 0 Å². The number of para-hydroxylation sites is 1. The molecular weight excluding hydrogens is 244 g/mol. The predicted octanol–water partition coefficient (Wildman–Crippen LogP) is 1.44. The van der Waals surface area contributed by atoms with E-state index in [1.165, 1.54) is 0 Å². The van der Waals surface area contributed by atoms with Crippen molar-refractivity contribution in [2.75, 3.05) is 5.43 Å². The van der Waals surface area contributed by atoms with Crippen LogP contribution in [0.15, 0.2) is 36.7 Å². The molecule has 2 aromatic heterocycles. The molecule has 3 rings (SSSR count). The minimum Gasteiger partial charge on any atom is -0.435 e. The van der Waals surface area contributed by atoms with E-state index in [2.05, 4.69) is 20.5 Å². The Morgan fingerprint density at radius 2 is 2.11 bits per heavy atom. The zero-order valence-electron chi connectivity index (χ0n) is 10.2. The molecule has 0 aliphatic heterocycles. The van der Waals surface area contributed by atoms with Gasteiger partial charge in [0.2, 0.25) is 11.8 Å². The molecule has 0 fully saturated rings. The summed E-state index contributed by atoms with van der Waals surface area (Å²) >= 11 is 0. The first-order valence-electron chi connectivity index (χ1n) is 5.66. The number of hydrazine groups is 1. The summed E-state index contributed by atoms with van der Waals surface area (Å²) in [6.07, 6.45) is 3.37. The fourth-order valence-electron chi connectivity index (χ4n) is 1.75. The number of nitrogens with zero attached hydrogens (tertiary/aromatic N) is 4. The Morgan fingerprint density at radius 3 is 2.84 bits per heavy atom. The molecule has 0 saturated heterocycles. The third-order valence-corrected chi connectivity index (χ3v) is 2.59. The number of nitrogens with one attached hydrogen (secondary N) is 1. The normalized spacial score (nSPS) is 10.6. The fraction of sp³-hybridized carbons (Fsp3) is 0.0833. The smallest absolute Gasteiger partial charge is 0.241 e. The first kappa shape index (κ1) is 11.4. The number of anilines is 1. The standard InChI is InChI=1S/C12H12N6O/c1-18-7-8(6-14-18)19-11-9-4-2-3-5-10(9)15-12(16-11)17-13/h2-7H,13H2,1H3,(H,15,16,17). The van der Waals surface area contributed by atoms with Gasteiger partial charge >= 0.3 is 0 Å². The number of fused-ring (bicyclic) bond motifs is 1. The highest BCUT2D eigenvalue weighted by molar-refractivity contribution is 5.84. The summed E-state index contributed by atoms with van der Waals surface area (Å²) in [4.78, 5) is 8.47. The lowest BCUT2D eigenvalue weighted by Gasteiger charge is -2.07. The quantitative estimate of drug-likeness (QED) is 0.544. The second kappa shape index (κ2) is 4.54. The van der Waals surface area contributed by atoms with Crippen LogP contribution in [0.4, 0.5) is 5.95 Å². The van der Waals surface area contributed by atoms with Crippen LogP contribution in [0.3, 0.4) is 0 Å². The lowest BCUT2D eigenvalue weighted by Crippen LogP contribution is -2.10. The average molecular weight is 256 g/mol. The van der Waals surface area contributed by atoms with Crippen molar-refractivity contribution in [3.63, 3.8) is 0 Å². The molecule has 3 aromatic rings. The van der Waals surface area contributed by atoms with E-state index in [0.717, 1.165) is 10.9 Å². The zero-order chi connectivity index (χ0) is 13.2. The minimum atomic E-state index is 0.303. The van der Waals surface area contributed by atoms with Crippen molar-refractivity contribution in [2.45, 2.75) is 0 Å². The monoisotopic (exact) mass is 256 g/mol. The Balaban J connectivity index is 2.10. The molecule has 0 atom stereocenters. The molecule has 0 spiro atoms. The maximum atomic E-state index is 5.72. The lowest BCUT2D eigenvalue weighted by molar-refractivity contribution is 0.468. The summed E-state index contributed by atoms with van der Waals surface area (Å²) < 4.78 is 7.38. The molecule has 0 radical (unpaired) electrons. The van der Waals surface area contributed by atoms with E-state index in [0.29, 0.717) is 17.6 Å². The maximum absolute atomic E-state index is 5.72. The Kier molecular flexibility index (Phi) is 2.73. The Labute approximate surface area is 109 Å². The van der Waals surface area contributed by atoms with E-state index in [-0.39, 0.29) is 0 Å². The molecule has 0 amide bonds. The maximum Gasteiger partial charge on any atom is 0.241 e. The molecule has 2 heterocycles. The van der Waals surface area contributed by atoms with E-state index in [9.17, 15) is 0 Å². The summed E-state index contributed by atoms with van der Waals surface area (Å²) in [6.45, 7) is 0. The molecule has 0 saturated carbocycles. The topological polar surface area (TPSA) is 90.9 Å². The number of benzene rings is 1. The average Bonchev–Trinajstić information content (AvgIpc) is 2.84. The summed E-state index contributed by atoms with van der Waals surface area (Å²) in [6, 6.07) is 7.55. The minimum absolute atomic E-state index is 0.303. The fourth-order valence-corrected chi connectivity index (χ4v) is 1.75. The summed E-state index contributed by atoms with van der Waals surface area (Å²) in [5.41, 5.74) is 3.18. The van der Waals surface area contributed by atoms with E-state index in [4.69, 9.17) is 10.6 Å². The predicted molar refractivity (Wildman–Crippen MR) is 70.6 cm³/mol. The van der Waals surface area contributed by atoms with Gasteiger partial charge in [-0.2, -0.15) is 10.1 Å². The SMILES string of the molecule is Cn1cc(Oc2nc(NN)nc3ccccc23)cn1. The second-order valence-corrected chi connectivity index (χ2v) is 3.97. The van der Waals surface area contributed by atoms with E-state index in [1.807, 2.05) is 31.3 Å². The van der Waals surface area contributed by atoms with Crippen molar-refractivity contribution >= 4 is 16.9 Å². The van der Waals surface area contributed by atoms with Gasteiger partial charge in [-0.05, 0) is 12.1 Å². The number of aromatic nitrogens is 4. The lowest BCUT2D eigenvalue weighted by atomic mass is 10.2. The van der Waals surface area contributed by atoms with Crippen LogP contribution in [-0.4, -0.2) is 19.7 Å². The van der Waals surface area contributed by atoms with Gasteiger partial charge in [0.25, 0.3) is 0 Å². The van der Waals surface area contributed by atoms with Crippen LogP contribution in [0.5, 0.6) is 11.6 Å². The molecule has 96 valence electrons. The Bertz CT molecular complexity index is 723. The van der Waals surface area contributed by atoms with Crippen molar-refractivity contribution in [3.05, 3.63) is 36.7 Å². The number of hydrogen-bond donors (Lipinski definition) is 2. The number of hydrogen-bond acceptors (Lipinski definition) is 6. The van der Waals surface area contributed by atoms with Gasteiger partial charge in [-0.25, -0.2) is 10.8 Å². The molecule has 7 nitrogen and oxygen atoms in total. The van der Waals surface area contributed by atoms with Crippen LogP contribution in [0.1, 0.15) is 0 Å². The number of ether oxygens (including phenoxy) is 1. The first-order valence-corrected chi connectivity index (χ1v) is 5.66. The van der Waals surface area contributed by atoms with Crippen LogP contribution < -0.4 is 16.0 Å². The largest absolute Gasteiger partial charge is 0.435 e. The first-order chi connectivity index (χ1) is 9.26. The number of rotatable bonds is 3. The molecule has 19 heavy (non-hydrogen) atoms. The Morgan fingerprint density at radius 1 is 1.26 bits per heavy atom. The van der Waals surface area contributed by atoms with Gasteiger partial charge in [0.05, 0.1) is 23.3 Å². The van der Waals surface area contributed by atoms with Gasteiger partial charge in [0.15, 0.2) is 5.75 Å². The molecule has 1 aromatic carbocycles. The Hall–Kier alpha value is -2.67. The number of nitrogen functional groups attached to an aromatic ring is 1. The van der Waals surface area contributed by atoms with Gasteiger partial charge in [-0.15, -0.1) is 0 Å². The van der Waals surface area contributed by atoms with Gasteiger partial charge in [0.1, 0.15) is 0 Å². The van der Waals surface area contributed by atoms with Crippen molar-refractivity contribution in [1.82, 2.24) is 19.7 Å². The van der Waals surface area contributed by atoms with Crippen molar-refractivity contribution < 1.29 is 4.74 Å². The molecule has 3 N–H and O–H groups in total. The summed E-state index contributed by atoms with van der Waals surface area (Å²) in [5.74, 6) is 6.71. The van der Waals surface area contributed by atoms with Crippen LogP contribution in [0.2, 0.25) is 0 Å². The van der Waals surface area contributed by atoms with E-state index in [1.54, 1.807) is 17.1 Å². The van der Waals surface area contributed by atoms with Crippen molar-refractivity contribution in [1.29, 1.82) is 0 Å². The number of nitrogens with two attached hydrogens (primary N) is 1. The van der Waals surface area contributed by atoms with Gasteiger partial charge in [-0.3, -0.25) is 10.1 Å². The molecular formula is C12H12N6O. The molecule has 0 bridgehead atoms. The highest BCUT2D eigenvalue weighted by Crippen LogP contribution is 2.27. The van der Waals surface area contributed by atoms with Gasteiger partial charge in [0, 0.05) is 7.05 Å². The summed E-state index contributed by atoms with van der Waals surface area (Å²) in [5, 5.41) is 4.85. The second-order valence-electron chi connectivity index (χ2n) is 3.97. The number of aryl methyl sites for hydroxylation is 1. The molecule has 0 unspecified atom stereocenters. The van der Waals surface area contributed by atoms with Gasteiger partial charge < -0.3 is 4.74 Å². The van der Waals surface area contributed by atoms with Crippen LogP contribution in [-0.2, 0) is 7.05 Å². The third kappa shape index (κ3) is 2.18. The zero-order valence-corrected chi connectivity index (χ0v) is 10.2. The molecule has 0 aliphatic rings.